The van der Waals surface area contributed by atoms with Crippen molar-refractivity contribution in [2.45, 2.75) is 32.8 Å². The largest absolute Gasteiger partial charge is 0.456 e. The molecule has 0 bridgehead atoms. The van der Waals surface area contributed by atoms with Crippen LogP contribution in [0.5, 0.6) is 11.5 Å². The van der Waals surface area contributed by atoms with Crippen LogP contribution in [0.1, 0.15) is 50.7 Å². The second-order valence-electron chi connectivity index (χ2n) is 10.5. The number of ether oxygens (including phenoxy) is 2. The highest BCUT2D eigenvalue weighted by Crippen LogP contribution is 2.59. The van der Waals surface area contributed by atoms with E-state index >= 15 is 0 Å². The van der Waals surface area contributed by atoms with E-state index in [0.29, 0.717) is 17.1 Å². The third-order valence-corrected chi connectivity index (χ3v) is 8.15. The highest BCUT2D eigenvalue weighted by atomic mass is 16.6. The Morgan fingerprint density at radius 1 is 0.725 bits per heavy atom. The van der Waals surface area contributed by atoms with Gasteiger partial charge in [-0.05, 0) is 78.4 Å². The van der Waals surface area contributed by atoms with Crippen molar-refractivity contribution >= 4 is 17.3 Å². The molecular weight excluding hydrogens is 494 g/mol. The van der Waals surface area contributed by atoms with Gasteiger partial charge in [0.15, 0.2) is 5.60 Å². The molecule has 0 aromatic heterocycles. The summed E-state index contributed by atoms with van der Waals surface area (Å²) in [5.74, 6) is 1.01. The second kappa shape index (κ2) is 9.13. The van der Waals surface area contributed by atoms with E-state index in [-0.39, 0.29) is 5.97 Å². The number of nitrogens with one attached hydrogen (secondary N) is 1. The zero-order chi connectivity index (χ0) is 27.4. The Hall–Kier alpha value is -4.83. The van der Waals surface area contributed by atoms with Crippen molar-refractivity contribution in [3.05, 3.63) is 142 Å². The minimum absolute atomic E-state index is 0.357. The maximum absolute atomic E-state index is 14.1. The van der Waals surface area contributed by atoms with Crippen LogP contribution in [0.3, 0.4) is 0 Å². The maximum atomic E-state index is 14.1. The molecule has 2 aliphatic heterocycles. The molecule has 1 spiro atoms. The molecule has 0 unspecified atom stereocenters. The van der Waals surface area contributed by atoms with E-state index in [0.717, 1.165) is 51.2 Å². The Labute approximate surface area is 234 Å². The van der Waals surface area contributed by atoms with Gasteiger partial charge in [0, 0.05) is 22.4 Å². The first-order valence-corrected chi connectivity index (χ1v) is 13.7. The first-order chi connectivity index (χ1) is 19.5. The zero-order valence-corrected chi connectivity index (χ0v) is 22.7. The van der Waals surface area contributed by atoms with Crippen LogP contribution in [0.2, 0.25) is 0 Å². The average Bonchev–Trinajstić information content (AvgIpc) is 3.28. The number of hydrogen-bond acceptors (Lipinski definition) is 4. The molecular formula is C36H29NO3. The summed E-state index contributed by atoms with van der Waals surface area (Å²) in [6, 6.07) is 34.4. The van der Waals surface area contributed by atoms with E-state index in [1.165, 1.54) is 11.1 Å². The molecule has 0 amide bonds. The van der Waals surface area contributed by atoms with Crippen LogP contribution in [-0.2, 0) is 16.8 Å². The van der Waals surface area contributed by atoms with Gasteiger partial charge in [0.05, 0.1) is 11.3 Å². The Bertz CT molecular complexity index is 1760. The molecule has 2 aliphatic rings. The lowest BCUT2D eigenvalue weighted by Crippen LogP contribution is -2.33. The van der Waals surface area contributed by atoms with Crippen LogP contribution in [0, 0.1) is 13.8 Å². The van der Waals surface area contributed by atoms with Crippen molar-refractivity contribution in [3.8, 4) is 22.6 Å². The summed E-state index contributed by atoms with van der Waals surface area (Å²) in [7, 11) is 0. The summed E-state index contributed by atoms with van der Waals surface area (Å²) < 4.78 is 13.0. The fourth-order valence-electron chi connectivity index (χ4n) is 6.32. The topological polar surface area (TPSA) is 47.6 Å². The maximum Gasteiger partial charge on any atom is 0.342 e. The SMILES string of the molecule is CCc1cc(Nc2cc(C)c(-c3ccccc3)c3c2C(=O)OC32c3ccccc3Oc3ccccc32)ccc1C. The fourth-order valence-corrected chi connectivity index (χ4v) is 6.32. The number of esters is 1. The number of hydrogen-bond donors (Lipinski definition) is 1. The number of rotatable bonds is 4. The minimum Gasteiger partial charge on any atom is -0.456 e. The monoisotopic (exact) mass is 523 g/mol. The molecule has 0 radical (unpaired) electrons. The Kier molecular flexibility index (Phi) is 5.53. The van der Waals surface area contributed by atoms with Crippen molar-refractivity contribution < 1.29 is 14.3 Å². The highest BCUT2D eigenvalue weighted by molar-refractivity contribution is 6.06. The summed E-state index contributed by atoms with van der Waals surface area (Å²) >= 11 is 0. The predicted molar refractivity (Wildman–Crippen MR) is 159 cm³/mol. The van der Waals surface area contributed by atoms with Crippen LogP contribution >= 0.6 is 0 Å². The highest BCUT2D eigenvalue weighted by Gasteiger charge is 2.55. The lowest BCUT2D eigenvalue weighted by molar-refractivity contribution is 0.0226. The molecule has 7 rings (SSSR count). The number of anilines is 2. The summed E-state index contributed by atoms with van der Waals surface area (Å²) in [6.45, 7) is 6.39. The molecule has 1 N–H and O–H groups in total. The third kappa shape index (κ3) is 3.49. The molecule has 0 saturated carbocycles. The Morgan fingerprint density at radius 2 is 1.38 bits per heavy atom. The zero-order valence-electron chi connectivity index (χ0n) is 22.7. The number of fused-ring (bicyclic) bond motifs is 6. The quantitative estimate of drug-likeness (QED) is 0.239. The summed E-state index contributed by atoms with van der Waals surface area (Å²) in [6.07, 6.45) is 0.935. The van der Waals surface area contributed by atoms with Crippen molar-refractivity contribution in [1.29, 1.82) is 0 Å². The number of carbonyl (C=O) groups is 1. The van der Waals surface area contributed by atoms with Crippen LogP contribution in [0.4, 0.5) is 11.4 Å². The number of benzene rings is 5. The lowest BCUT2D eigenvalue weighted by Gasteiger charge is -2.37. The summed E-state index contributed by atoms with van der Waals surface area (Å²) in [4.78, 5) is 14.1. The second-order valence-corrected chi connectivity index (χ2v) is 10.5. The van der Waals surface area contributed by atoms with E-state index < -0.39 is 5.60 Å². The van der Waals surface area contributed by atoms with Gasteiger partial charge in [0.2, 0.25) is 0 Å². The summed E-state index contributed by atoms with van der Waals surface area (Å²) in [5.41, 5.74) is 9.15. The van der Waals surface area contributed by atoms with Gasteiger partial charge in [-0.25, -0.2) is 4.79 Å². The minimum atomic E-state index is -1.16. The normalized spacial score (nSPS) is 14.1. The van der Waals surface area contributed by atoms with Crippen molar-refractivity contribution in [2.24, 2.45) is 0 Å². The Balaban J connectivity index is 1.57. The van der Waals surface area contributed by atoms with Crippen LogP contribution in [0.25, 0.3) is 11.1 Å². The molecule has 0 saturated heterocycles. The molecule has 196 valence electrons. The van der Waals surface area contributed by atoms with E-state index in [2.05, 4.69) is 62.5 Å². The standard InChI is InChI=1S/C36H29NO3/c1-4-24-21-26(19-18-22(24)2)37-29-20-23(3)32(25-12-6-5-7-13-25)34-33(29)35(38)40-36(34)27-14-8-10-16-30(27)39-31-17-11-9-15-28(31)36/h5-21,37H,4H2,1-3H3. The van der Waals surface area contributed by atoms with Gasteiger partial charge in [0.1, 0.15) is 11.5 Å². The fraction of sp³-hybridized carbons (Fsp3) is 0.139. The molecule has 5 aromatic carbocycles. The van der Waals surface area contributed by atoms with E-state index in [1.807, 2.05) is 66.7 Å². The number of para-hydroxylation sites is 2. The molecule has 5 aromatic rings. The van der Waals surface area contributed by atoms with Crippen LogP contribution in [0.15, 0.2) is 103 Å². The number of aryl methyl sites for hydroxylation is 3. The Morgan fingerprint density at radius 3 is 2.05 bits per heavy atom. The smallest absolute Gasteiger partial charge is 0.342 e. The molecule has 40 heavy (non-hydrogen) atoms. The van der Waals surface area contributed by atoms with E-state index in [9.17, 15) is 4.79 Å². The molecule has 0 fully saturated rings. The summed E-state index contributed by atoms with van der Waals surface area (Å²) in [5, 5.41) is 3.59. The van der Waals surface area contributed by atoms with Gasteiger partial charge in [0.25, 0.3) is 0 Å². The van der Waals surface area contributed by atoms with Gasteiger partial charge in [-0.2, -0.15) is 0 Å². The first kappa shape index (κ1) is 24.2. The van der Waals surface area contributed by atoms with Gasteiger partial charge < -0.3 is 14.8 Å². The predicted octanol–water partition coefficient (Wildman–Crippen LogP) is 8.84. The average molecular weight is 524 g/mol. The molecule has 4 heteroatoms. The van der Waals surface area contributed by atoms with E-state index in [4.69, 9.17) is 9.47 Å². The van der Waals surface area contributed by atoms with Gasteiger partial charge >= 0.3 is 5.97 Å². The molecule has 0 aliphatic carbocycles. The van der Waals surface area contributed by atoms with Gasteiger partial charge in [-0.1, -0.05) is 79.7 Å². The third-order valence-electron chi connectivity index (χ3n) is 8.15. The van der Waals surface area contributed by atoms with Crippen molar-refractivity contribution in [2.75, 3.05) is 5.32 Å². The van der Waals surface area contributed by atoms with Crippen LogP contribution in [-0.4, -0.2) is 5.97 Å². The lowest BCUT2D eigenvalue weighted by atomic mass is 9.73. The number of carbonyl (C=O) groups excluding carboxylic acids is 1. The molecule has 4 nitrogen and oxygen atoms in total. The van der Waals surface area contributed by atoms with Gasteiger partial charge in [-0.15, -0.1) is 0 Å². The molecule has 0 atom stereocenters. The van der Waals surface area contributed by atoms with Crippen LogP contribution < -0.4 is 10.1 Å². The van der Waals surface area contributed by atoms with Gasteiger partial charge in [-0.3, -0.25) is 0 Å². The first-order valence-electron chi connectivity index (χ1n) is 13.7. The van der Waals surface area contributed by atoms with Crippen molar-refractivity contribution in [1.82, 2.24) is 0 Å². The molecule has 2 heterocycles. The van der Waals surface area contributed by atoms with E-state index in [1.54, 1.807) is 0 Å². The van der Waals surface area contributed by atoms with Crippen molar-refractivity contribution in [3.63, 3.8) is 0 Å².